The van der Waals surface area contributed by atoms with Crippen LogP contribution in [-0.2, 0) is 14.3 Å². The van der Waals surface area contributed by atoms with Crippen LogP contribution in [0.2, 0.25) is 0 Å². The normalized spacial score (nSPS) is 18.8. The summed E-state index contributed by atoms with van der Waals surface area (Å²) in [6.45, 7) is 7.87. The van der Waals surface area contributed by atoms with Crippen LogP contribution in [-0.4, -0.2) is 43.9 Å². The Labute approximate surface area is 94.2 Å². The van der Waals surface area contributed by atoms with Crippen LogP contribution in [0.4, 0.5) is 0 Å². The molecule has 0 amide bonds. The van der Waals surface area contributed by atoms with Gasteiger partial charge in [0.1, 0.15) is 6.61 Å². The Morgan fingerprint density at radius 3 is 2.81 bits per heavy atom. The van der Waals surface area contributed by atoms with E-state index in [1.165, 1.54) is 12.3 Å². The third kappa shape index (κ3) is 3.78. The Balaban J connectivity index is 2.40. The van der Waals surface area contributed by atoms with Gasteiger partial charge in [0, 0.05) is 0 Å². The van der Waals surface area contributed by atoms with Crippen molar-refractivity contribution in [3.63, 3.8) is 0 Å². The van der Waals surface area contributed by atoms with Crippen molar-refractivity contribution in [2.45, 2.75) is 6.23 Å². The molecule has 1 heterocycles. The van der Waals surface area contributed by atoms with Crippen LogP contribution in [0, 0.1) is 0 Å². The van der Waals surface area contributed by atoms with E-state index in [0.29, 0.717) is 13.2 Å². The SMILES string of the molecule is C=CCOC(=O)C1=NCC(OCC=C)N=C1. The molecule has 86 valence electrons. The van der Waals surface area contributed by atoms with E-state index in [2.05, 4.69) is 23.1 Å². The molecule has 0 fully saturated rings. The van der Waals surface area contributed by atoms with Crippen molar-refractivity contribution in [3.8, 4) is 0 Å². The Morgan fingerprint density at radius 2 is 2.25 bits per heavy atom. The molecular formula is C11H14N2O3. The minimum atomic E-state index is -0.495. The highest BCUT2D eigenvalue weighted by atomic mass is 16.5. The van der Waals surface area contributed by atoms with E-state index in [-0.39, 0.29) is 18.5 Å². The number of hydrogen-bond acceptors (Lipinski definition) is 5. The Morgan fingerprint density at radius 1 is 1.50 bits per heavy atom. The molecule has 16 heavy (non-hydrogen) atoms. The lowest BCUT2D eigenvalue weighted by atomic mass is 10.3. The van der Waals surface area contributed by atoms with Gasteiger partial charge >= 0.3 is 5.97 Å². The topological polar surface area (TPSA) is 60.2 Å². The van der Waals surface area contributed by atoms with E-state index in [9.17, 15) is 4.79 Å². The molecule has 5 nitrogen and oxygen atoms in total. The standard InChI is InChI=1S/C11H14N2O3/c1-3-5-15-10-8-12-9(7-13-10)11(14)16-6-4-2/h3-4,7,10H,1-2,5-6,8H2. The molecule has 0 aromatic rings. The molecule has 0 aliphatic carbocycles. The Hall–Kier alpha value is -1.75. The van der Waals surface area contributed by atoms with Crippen molar-refractivity contribution in [1.82, 2.24) is 0 Å². The highest BCUT2D eigenvalue weighted by molar-refractivity contribution is 6.59. The van der Waals surface area contributed by atoms with Gasteiger partial charge in [-0.15, -0.1) is 6.58 Å². The van der Waals surface area contributed by atoms with Gasteiger partial charge in [-0.1, -0.05) is 18.7 Å². The Kier molecular flexibility index (Phi) is 5.15. The van der Waals surface area contributed by atoms with Crippen LogP contribution in [0.15, 0.2) is 35.3 Å². The van der Waals surface area contributed by atoms with Crippen LogP contribution in [0.5, 0.6) is 0 Å². The highest BCUT2D eigenvalue weighted by Crippen LogP contribution is 2.01. The maximum atomic E-state index is 11.3. The molecule has 0 spiro atoms. The van der Waals surface area contributed by atoms with Gasteiger partial charge in [-0.05, 0) is 0 Å². The predicted molar refractivity (Wildman–Crippen MR) is 61.9 cm³/mol. The number of aliphatic imine (C=N–C) groups is 2. The van der Waals surface area contributed by atoms with Gasteiger partial charge in [-0.25, -0.2) is 4.79 Å². The first kappa shape index (κ1) is 12.3. The minimum Gasteiger partial charge on any atom is -0.457 e. The molecule has 0 aromatic carbocycles. The summed E-state index contributed by atoms with van der Waals surface area (Å²) in [4.78, 5) is 19.4. The monoisotopic (exact) mass is 222 g/mol. The summed E-state index contributed by atoms with van der Waals surface area (Å²) in [6.07, 6.45) is 4.15. The smallest absolute Gasteiger partial charge is 0.358 e. The fraction of sp³-hybridized carbons (Fsp3) is 0.364. The first-order valence-electron chi connectivity index (χ1n) is 4.86. The van der Waals surface area contributed by atoms with E-state index in [4.69, 9.17) is 9.47 Å². The van der Waals surface area contributed by atoms with Crippen LogP contribution in [0.1, 0.15) is 0 Å². The van der Waals surface area contributed by atoms with E-state index in [0.717, 1.165) is 0 Å². The van der Waals surface area contributed by atoms with E-state index < -0.39 is 5.97 Å². The third-order valence-electron chi connectivity index (χ3n) is 1.73. The summed E-state index contributed by atoms with van der Waals surface area (Å²) in [5, 5.41) is 0. The van der Waals surface area contributed by atoms with Crippen LogP contribution in [0.25, 0.3) is 0 Å². The van der Waals surface area contributed by atoms with Gasteiger partial charge in [0.05, 0.1) is 19.4 Å². The maximum Gasteiger partial charge on any atom is 0.358 e. The highest BCUT2D eigenvalue weighted by Gasteiger charge is 2.16. The van der Waals surface area contributed by atoms with Gasteiger partial charge in [0.25, 0.3) is 0 Å². The number of carbonyl (C=O) groups is 1. The molecule has 1 rings (SSSR count). The molecule has 1 aliphatic rings. The molecule has 1 atom stereocenters. The zero-order valence-corrected chi connectivity index (χ0v) is 8.96. The molecule has 0 radical (unpaired) electrons. The quantitative estimate of drug-likeness (QED) is 0.492. The zero-order chi connectivity index (χ0) is 11.8. The van der Waals surface area contributed by atoms with Crippen LogP contribution in [0.3, 0.4) is 0 Å². The molecular weight excluding hydrogens is 208 g/mol. The first-order chi connectivity index (χ1) is 7.77. The van der Waals surface area contributed by atoms with E-state index in [1.807, 2.05) is 0 Å². The number of hydrogen-bond donors (Lipinski definition) is 0. The second kappa shape index (κ2) is 6.68. The summed E-state index contributed by atoms with van der Waals surface area (Å²) >= 11 is 0. The van der Waals surface area contributed by atoms with E-state index in [1.54, 1.807) is 6.08 Å². The van der Waals surface area contributed by atoms with Gasteiger partial charge in [0.2, 0.25) is 0 Å². The number of esters is 1. The molecule has 1 unspecified atom stereocenters. The van der Waals surface area contributed by atoms with E-state index >= 15 is 0 Å². The number of ether oxygens (including phenoxy) is 2. The molecule has 0 bridgehead atoms. The van der Waals surface area contributed by atoms with Crippen molar-refractivity contribution < 1.29 is 14.3 Å². The van der Waals surface area contributed by atoms with Crippen molar-refractivity contribution >= 4 is 17.9 Å². The number of carbonyl (C=O) groups excluding carboxylic acids is 1. The van der Waals surface area contributed by atoms with Crippen LogP contribution >= 0.6 is 0 Å². The molecule has 1 aliphatic heterocycles. The van der Waals surface area contributed by atoms with Gasteiger partial charge in [-0.3, -0.25) is 9.98 Å². The summed E-state index contributed by atoms with van der Waals surface area (Å²) in [5.74, 6) is -0.495. The molecule has 0 N–H and O–H groups in total. The predicted octanol–water partition coefficient (Wildman–Crippen LogP) is 0.770. The first-order valence-corrected chi connectivity index (χ1v) is 4.86. The molecule has 0 aromatic heterocycles. The van der Waals surface area contributed by atoms with Crippen LogP contribution < -0.4 is 0 Å². The fourth-order valence-electron chi connectivity index (χ4n) is 1.02. The van der Waals surface area contributed by atoms with Crippen molar-refractivity contribution in [1.29, 1.82) is 0 Å². The molecule has 0 saturated carbocycles. The Bertz CT molecular complexity index is 334. The van der Waals surface area contributed by atoms with Crippen molar-refractivity contribution in [3.05, 3.63) is 25.3 Å². The summed E-state index contributed by atoms with van der Waals surface area (Å²) in [6, 6.07) is 0. The second-order valence-corrected chi connectivity index (χ2v) is 2.97. The lowest BCUT2D eigenvalue weighted by molar-refractivity contribution is -0.134. The van der Waals surface area contributed by atoms with Gasteiger partial charge in [0.15, 0.2) is 11.9 Å². The molecule has 0 saturated heterocycles. The molecule has 5 heteroatoms. The summed E-state index contributed by atoms with van der Waals surface area (Å²) < 4.78 is 10.1. The minimum absolute atomic E-state index is 0.169. The van der Waals surface area contributed by atoms with Gasteiger partial charge < -0.3 is 9.47 Å². The average Bonchev–Trinajstić information content (AvgIpc) is 2.34. The van der Waals surface area contributed by atoms with Crippen molar-refractivity contribution in [2.24, 2.45) is 9.98 Å². The second-order valence-electron chi connectivity index (χ2n) is 2.97. The largest absolute Gasteiger partial charge is 0.457 e. The zero-order valence-electron chi connectivity index (χ0n) is 8.96. The average molecular weight is 222 g/mol. The lowest BCUT2D eigenvalue weighted by Crippen LogP contribution is -2.27. The lowest BCUT2D eigenvalue weighted by Gasteiger charge is -2.14. The van der Waals surface area contributed by atoms with Crippen molar-refractivity contribution in [2.75, 3.05) is 19.8 Å². The summed E-state index contributed by atoms with van der Waals surface area (Å²) in [5.41, 5.74) is 0.209. The third-order valence-corrected chi connectivity index (χ3v) is 1.73. The fourth-order valence-corrected chi connectivity index (χ4v) is 1.02. The number of nitrogens with zero attached hydrogens (tertiary/aromatic N) is 2. The summed E-state index contributed by atoms with van der Waals surface area (Å²) in [7, 11) is 0. The maximum absolute atomic E-state index is 11.3. The van der Waals surface area contributed by atoms with Gasteiger partial charge in [-0.2, -0.15) is 0 Å². The number of rotatable bonds is 6.